The van der Waals surface area contributed by atoms with Gasteiger partial charge in [-0.15, -0.1) is 0 Å². The second-order valence-corrected chi connectivity index (χ2v) is 5.91. The maximum absolute atomic E-state index is 5.12. The minimum atomic E-state index is 0.572. The quantitative estimate of drug-likeness (QED) is 0.828. The molecule has 0 aliphatic carbocycles. The molecule has 1 saturated heterocycles. The molecule has 0 saturated carbocycles. The van der Waals surface area contributed by atoms with Crippen molar-refractivity contribution in [3.63, 3.8) is 0 Å². The smallest absolute Gasteiger partial charge is 0.227 e. The van der Waals surface area contributed by atoms with E-state index in [0.717, 1.165) is 30.6 Å². The van der Waals surface area contributed by atoms with Gasteiger partial charge in [-0.25, -0.2) is 0 Å². The number of nitrogens with one attached hydrogen (secondary N) is 1. The van der Waals surface area contributed by atoms with Gasteiger partial charge in [-0.2, -0.15) is 4.98 Å². The van der Waals surface area contributed by atoms with Crippen LogP contribution in [0, 0.1) is 12.8 Å². The van der Waals surface area contributed by atoms with Crippen molar-refractivity contribution in [1.82, 2.24) is 20.4 Å². The molecule has 5 nitrogen and oxygen atoms in total. The van der Waals surface area contributed by atoms with Crippen LogP contribution in [0.5, 0.6) is 0 Å². The highest BCUT2D eigenvalue weighted by atomic mass is 16.5. The number of hydrogen-bond acceptors (Lipinski definition) is 5. The zero-order valence-electron chi connectivity index (χ0n) is 13.1. The van der Waals surface area contributed by atoms with Crippen molar-refractivity contribution < 1.29 is 4.52 Å². The van der Waals surface area contributed by atoms with E-state index in [2.05, 4.69) is 34.2 Å². The first kappa shape index (κ1) is 15.4. The molecule has 1 aromatic rings. The molecule has 1 N–H and O–H groups in total. The number of piperidine rings is 1. The van der Waals surface area contributed by atoms with Gasteiger partial charge in [-0.3, -0.25) is 0 Å². The molecule has 1 unspecified atom stereocenters. The van der Waals surface area contributed by atoms with Crippen molar-refractivity contribution in [3.05, 3.63) is 11.7 Å². The number of aromatic nitrogens is 2. The van der Waals surface area contributed by atoms with E-state index in [9.17, 15) is 0 Å². The monoisotopic (exact) mass is 280 g/mol. The van der Waals surface area contributed by atoms with Crippen LogP contribution in [0.25, 0.3) is 0 Å². The minimum Gasteiger partial charge on any atom is -0.339 e. The van der Waals surface area contributed by atoms with E-state index >= 15 is 0 Å². The Kier molecular flexibility index (Phi) is 5.98. The Morgan fingerprint density at radius 2 is 2.15 bits per heavy atom. The van der Waals surface area contributed by atoms with Gasteiger partial charge in [0, 0.05) is 19.0 Å². The molecule has 1 atom stereocenters. The zero-order valence-corrected chi connectivity index (χ0v) is 13.1. The van der Waals surface area contributed by atoms with Crippen LogP contribution < -0.4 is 5.32 Å². The normalized spacial score (nSPS) is 19.4. The lowest BCUT2D eigenvalue weighted by Gasteiger charge is -2.35. The van der Waals surface area contributed by atoms with Crippen molar-refractivity contribution in [2.24, 2.45) is 5.92 Å². The average molecular weight is 280 g/mol. The summed E-state index contributed by atoms with van der Waals surface area (Å²) in [6.07, 6.45) is 4.71. The fourth-order valence-corrected chi connectivity index (χ4v) is 3.01. The van der Waals surface area contributed by atoms with E-state index in [1.165, 1.54) is 38.9 Å². The van der Waals surface area contributed by atoms with Crippen LogP contribution >= 0.6 is 0 Å². The summed E-state index contributed by atoms with van der Waals surface area (Å²) in [5.41, 5.74) is 0. The Balaban J connectivity index is 1.64. The summed E-state index contributed by atoms with van der Waals surface area (Å²) >= 11 is 0. The van der Waals surface area contributed by atoms with Crippen LogP contribution in [0.2, 0.25) is 0 Å². The summed E-state index contributed by atoms with van der Waals surface area (Å²) in [6, 6.07) is 0.572. The molecule has 1 fully saturated rings. The summed E-state index contributed by atoms with van der Waals surface area (Å²) in [7, 11) is 0. The van der Waals surface area contributed by atoms with Gasteiger partial charge in [-0.05, 0) is 58.7 Å². The van der Waals surface area contributed by atoms with E-state index in [1.807, 2.05) is 6.92 Å². The Bertz CT molecular complexity index is 385. The summed E-state index contributed by atoms with van der Waals surface area (Å²) in [6.45, 7) is 11.1. The number of aryl methyl sites for hydroxylation is 1. The summed E-state index contributed by atoms with van der Waals surface area (Å²) in [4.78, 5) is 6.81. The van der Waals surface area contributed by atoms with Crippen LogP contribution in [-0.4, -0.2) is 47.3 Å². The Labute approximate surface area is 122 Å². The Morgan fingerprint density at radius 1 is 1.40 bits per heavy atom. The van der Waals surface area contributed by atoms with Gasteiger partial charge < -0.3 is 14.7 Å². The third kappa shape index (κ3) is 4.56. The predicted molar refractivity (Wildman–Crippen MR) is 79.7 cm³/mol. The third-order valence-corrected chi connectivity index (χ3v) is 4.25. The molecule has 1 aliphatic heterocycles. The SMILES string of the molecule is CCCN1CCC(C(C)NCCc2nc(C)no2)CC1. The molecule has 0 bridgehead atoms. The number of likely N-dealkylation sites (tertiary alicyclic amines) is 1. The van der Waals surface area contributed by atoms with Crippen molar-refractivity contribution in [3.8, 4) is 0 Å². The highest BCUT2D eigenvalue weighted by Crippen LogP contribution is 2.20. The maximum atomic E-state index is 5.12. The molecule has 2 rings (SSSR count). The van der Waals surface area contributed by atoms with Gasteiger partial charge in [0.1, 0.15) is 0 Å². The topological polar surface area (TPSA) is 54.2 Å². The molecule has 20 heavy (non-hydrogen) atoms. The summed E-state index contributed by atoms with van der Waals surface area (Å²) in [5.74, 6) is 2.25. The molecule has 0 radical (unpaired) electrons. The summed E-state index contributed by atoms with van der Waals surface area (Å²) in [5, 5.41) is 7.42. The Hall–Kier alpha value is -0.940. The molecule has 2 heterocycles. The minimum absolute atomic E-state index is 0.572. The van der Waals surface area contributed by atoms with E-state index in [-0.39, 0.29) is 0 Å². The second-order valence-electron chi connectivity index (χ2n) is 5.91. The van der Waals surface area contributed by atoms with Crippen molar-refractivity contribution in [2.45, 2.75) is 52.5 Å². The standard InChI is InChI=1S/C15H28N4O/c1-4-9-19-10-6-14(7-11-19)12(2)16-8-5-15-17-13(3)18-20-15/h12,14,16H,4-11H2,1-3H3. The number of hydrogen-bond donors (Lipinski definition) is 1. The van der Waals surface area contributed by atoms with E-state index in [0.29, 0.717) is 6.04 Å². The van der Waals surface area contributed by atoms with Gasteiger partial charge in [-0.1, -0.05) is 12.1 Å². The molecular formula is C15H28N4O. The van der Waals surface area contributed by atoms with Crippen molar-refractivity contribution in [1.29, 1.82) is 0 Å². The molecule has 0 spiro atoms. The van der Waals surface area contributed by atoms with Crippen LogP contribution in [0.1, 0.15) is 44.8 Å². The van der Waals surface area contributed by atoms with Crippen LogP contribution in [-0.2, 0) is 6.42 Å². The van der Waals surface area contributed by atoms with Gasteiger partial charge in [0.25, 0.3) is 0 Å². The third-order valence-electron chi connectivity index (χ3n) is 4.25. The summed E-state index contributed by atoms with van der Waals surface area (Å²) < 4.78 is 5.12. The van der Waals surface area contributed by atoms with Crippen molar-refractivity contribution in [2.75, 3.05) is 26.2 Å². The molecule has 0 amide bonds. The van der Waals surface area contributed by atoms with Crippen LogP contribution in [0.4, 0.5) is 0 Å². The molecule has 0 aromatic carbocycles. The first-order chi connectivity index (χ1) is 9.69. The molecule has 1 aliphatic rings. The molecule has 5 heteroatoms. The van der Waals surface area contributed by atoms with Crippen LogP contribution in [0.15, 0.2) is 4.52 Å². The van der Waals surface area contributed by atoms with E-state index in [1.54, 1.807) is 0 Å². The fourth-order valence-electron chi connectivity index (χ4n) is 3.01. The zero-order chi connectivity index (χ0) is 14.4. The second kappa shape index (κ2) is 7.74. The number of rotatable bonds is 7. The highest BCUT2D eigenvalue weighted by Gasteiger charge is 2.23. The lowest BCUT2D eigenvalue weighted by Crippen LogP contribution is -2.42. The fraction of sp³-hybridized carbons (Fsp3) is 0.867. The molecule has 1 aromatic heterocycles. The van der Waals surface area contributed by atoms with Crippen molar-refractivity contribution >= 4 is 0 Å². The lowest BCUT2D eigenvalue weighted by molar-refractivity contribution is 0.163. The predicted octanol–water partition coefficient (Wildman–Crippen LogP) is 2.02. The molecule has 114 valence electrons. The van der Waals surface area contributed by atoms with E-state index in [4.69, 9.17) is 4.52 Å². The largest absolute Gasteiger partial charge is 0.339 e. The average Bonchev–Trinajstić information content (AvgIpc) is 2.85. The first-order valence-electron chi connectivity index (χ1n) is 7.94. The Morgan fingerprint density at radius 3 is 2.75 bits per heavy atom. The van der Waals surface area contributed by atoms with E-state index < -0.39 is 0 Å². The first-order valence-corrected chi connectivity index (χ1v) is 7.94. The lowest BCUT2D eigenvalue weighted by atomic mass is 9.90. The van der Waals surface area contributed by atoms with Gasteiger partial charge >= 0.3 is 0 Å². The number of nitrogens with zero attached hydrogens (tertiary/aromatic N) is 3. The maximum Gasteiger partial charge on any atom is 0.227 e. The van der Waals surface area contributed by atoms with Gasteiger partial charge in [0.2, 0.25) is 5.89 Å². The highest BCUT2D eigenvalue weighted by molar-refractivity contribution is 4.85. The van der Waals surface area contributed by atoms with Gasteiger partial charge in [0.15, 0.2) is 5.82 Å². The van der Waals surface area contributed by atoms with Crippen LogP contribution in [0.3, 0.4) is 0 Å². The van der Waals surface area contributed by atoms with Gasteiger partial charge in [0.05, 0.1) is 0 Å². The molecular weight excluding hydrogens is 252 g/mol.